The van der Waals surface area contributed by atoms with E-state index in [2.05, 4.69) is 25.8 Å². The molecule has 0 bridgehead atoms. The monoisotopic (exact) mass is 304 g/mol. The molecule has 0 radical (unpaired) electrons. The van der Waals surface area contributed by atoms with Gasteiger partial charge in [0.05, 0.1) is 11.6 Å². The van der Waals surface area contributed by atoms with Crippen LogP contribution >= 0.6 is 27.5 Å². The average molecular weight is 306 g/mol. The predicted octanol–water partition coefficient (Wildman–Crippen LogP) is 2.85. The minimum atomic E-state index is 0.130. The normalized spacial score (nSPS) is 15.9. The van der Waals surface area contributed by atoms with Crippen LogP contribution in [0, 0.1) is 0 Å². The lowest BCUT2D eigenvalue weighted by molar-refractivity contribution is 0.283. The van der Waals surface area contributed by atoms with Crippen molar-refractivity contribution in [1.82, 2.24) is 4.98 Å². The van der Waals surface area contributed by atoms with Gasteiger partial charge in [0.25, 0.3) is 0 Å². The van der Waals surface area contributed by atoms with Crippen molar-refractivity contribution in [2.24, 2.45) is 0 Å². The molecule has 1 aromatic heterocycles. The van der Waals surface area contributed by atoms with Gasteiger partial charge in [-0.15, -0.1) is 0 Å². The molecule has 1 heterocycles. The average Bonchev–Trinajstić information content (AvgIpc) is 2.14. The van der Waals surface area contributed by atoms with E-state index in [1.54, 1.807) is 6.20 Å². The van der Waals surface area contributed by atoms with Crippen LogP contribution in [0.25, 0.3) is 0 Å². The van der Waals surface area contributed by atoms with Gasteiger partial charge >= 0.3 is 0 Å². The van der Waals surface area contributed by atoms with Crippen molar-refractivity contribution in [2.75, 3.05) is 18.1 Å². The quantitative estimate of drug-likeness (QED) is 0.929. The molecule has 0 aromatic carbocycles. The SMILES string of the molecule is OCCN(c1ncc(Br)cc1Cl)C1CCC1. The van der Waals surface area contributed by atoms with E-state index in [1.165, 1.54) is 6.42 Å². The van der Waals surface area contributed by atoms with Crippen LogP contribution in [0.4, 0.5) is 5.82 Å². The van der Waals surface area contributed by atoms with E-state index in [0.717, 1.165) is 23.1 Å². The lowest BCUT2D eigenvalue weighted by Gasteiger charge is -2.38. The van der Waals surface area contributed by atoms with E-state index < -0.39 is 0 Å². The molecule has 1 fully saturated rings. The second-order valence-corrected chi connectivity index (χ2v) is 5.28. The van der Waals surface area contributed by atoms with Crippen molar-refractivity contribution >= 4 is 33.3 Å². The Morgan fingerprint density at radius 1 is 1.56 bits per heavy atom. The molecule has 0 amide bonds. The third-order valence-corrected chi connectivity index (χ3v) is 3.63. The highest BCUT2D eigenvalue weighted by atomic mass is 79.9. The Bertz CT molecular complexity index is 371. The number of aromatic nitrogens is 1. The molecular weight excluding hydrogens is 291 g/mol. The first-order chi connectivity index (χ1) is 7.72. The Labute approximate surface area is 109 Å². The maximum atomic E-state index is 9.09. The van der Waals surface area contributed by atoms with Crippen LogP contribution < -0.4 is 4.90 Å². The second kappa shape index (κ2) is 5.34. The zero-order valence-corrected chi connectivity index (χ0v) is 11.2. The Morgan fingerprint density at radius 2 is 2.31 bits per heavy atom. The van der Waals surface area contributed by atoms with Gasteiger partial charge in [0.2, 0.25) is 0 Å². The molecule has 16 heavy (non-hydrogen) atoms. The maximum absolute atomic E-state index is 9.09. The highest BCUT2D eigenvalue weighted by molar-refractivity contribution is 9.10. The van der Waals surface area contributed by atoms with Crippen LogP contribution in [0.5, 0.6) is 0 Å². The number of halogens is 2. The predicted molar refractivity (Wildman–Crippen MR) is 69.0 cm³/mol. The van der Waals surface area contributed by atoms with Gasteiger partial charge in [-0.25, -0.2) is 4.98 Å². The van der Waals surface area contributed by atoms with Crippen molar-refractivity contribution in [3.05, 3.63) is 21.8 Å². The Hall–Kier alpha value is -0.320. The molecule has 0 aliphatic heterocycles. The molecule has 0 atom stereocenters. The molecule has 0 spiro atoms. The van der Waals surface area contributed by atoms with Crippen molar-refractivity contribution in [2.45, 2.75) is 25.3 Å². The Balaban J connectivity index is 2.23. The summed E-state index contributed by atoms with van der Waals surface area (Å²) in [6.45, 7) is 0.726. The third-order valence-electron chi connectivity index (χ3n) is 2.92. The zero-order valence-electron chi connectivity index (χ0n) is 8.87. The summed E-state index contributed by atoms with van der Waals surface area (Å²) in [5.74, 6) is 0.781. The van der Waals surface area contributed by atoms with Gasteiger partial charge < -0.3 is 10.0 Å². The minimum Gasteiger partial charge on any atom is -0.395 e. The number of hydrogen-bond acceptors (Lipinski definition) is 3. The van der Waals surface area contributed by atoms with Crippen LogP contribution in [0.1, 0.15) is 19.3 Å². The number of aliphatic hydroxyl groups is 1. The van der Waals surface area contributed by atoms with E-state index in [4.69, 9.17) is 16.7 Å². The summed E-state index contributed by atoms with van der Waals surface area (Å²) in [6.07, 6.45) is 5.31. The largest absolute Gasteiger partial charge is 0.395 e. The first kappa shape index (κ1) is 12.1. The van der Waals surface area contributed by atoms with Crippen molar-refractivity contribution in [3.8, 4) is 0 Å². The summed E-state index contributed by atoms with van der Waals surface area (Å²) in [6, 6.07) is 2.32. The third kappa shape index (κ3) is 2.50. The summed E-state index contributed by atoms with van der Waals surface area (Å²) in [7, 11) is 0. The number of rotatable bonds is 4. The fourth-order valence-electron chi connectivity index (χ4n) is 1.89. The number of anilines is 1. The molecule has 1 aliphatic rings. The minimum absolute atomic E-state index is 0.130. The maximum Gasteiger partial charge on any atom is 0.147 e. The first-order valence-corrected chi connectivity index (χ1v) is 6.58. The van der Waals surface area contributed by atoms with Gasteiger partial charge in [-0.2, -0.15) is 0 Å². The van der Waals surface area contributed by atoms with Crippen molar-refractivity contribution in [1.29, 1.82) is 0 Å². The highest BCUT2D eigenvalue weighted by Crippen LogP contribution is 2.33. The van der Waals surface area contributed by atoms with Gasteiger partial charge in [0.1, 0.15) is 5.82 Å². The molecule has 1 aromatic rings. The van der Waals surface area contributed by atoms with Crippen LogP contribution in [0.2, 0.25) is 5.02 Å². The van der Waals surface area contributed by atoms with Gasteiger partial charge in [-0.05, 0) is 41.3 Å². The number of nitrogens with zero attached hydrogens (tertiary/aromatic N) is 2. The molecule has 1 N–H and O–H groups in total. The van der Waals surface area contributed by atoms with E-state index in [1.807, 2.05) is 6.07 Å². The van der Waals surface area contributed by atoms with Gasteiger partial charge in [-0.3, -0.25) is 0 Å². The number of pyridine rings is 1. The zero-order chi connectivity index (χ0) is 11.5. The van der Waals surface area contributed by atoms with Gasteiger partial charge in [-0.1, -0.05) is 11.6 Å². The number of aliphatic hydroxyl groups excluding tert-OH is 1. The van der Waals surface area contributed by atoms with Crippen LogP contribution in [0.15, 0.2) is 16.7 Å². The molecule has 0 unspecified atom stereocenters. The summed E-state index contributed by atoms with van der Waals surface area (Å²) in [5.41, 5.74) is 0. The molecule has 3 nitrogen and oxygen atoms in total. The highest BCUT2D eigenvalue weighted by Gasteiger charge is 2.26. The molecule has 5 heteroatoms. The summed E-state index contributed by atoms with van der Waals surface area (Å²) >= 11 is 9.51. The summed E-state index contributed by atoms with van der Waals surface area (Å²) in [5, 5.41) is 9.72. The van der Waals surface area contributed by atoms with Crippen LogP contribution in [0.3, 0.4) is 0 Å². The molecule has 1 aliphatic carbocycles. The smallest absolute Gasteiger partial charge is 0.147 e. The van der Waals surface area contributed by atoms with Crippen molar-refractivity contribution < 1.29 is 5.11 Å². The molecule has 2 rings (SSSR count). The lowest BCUT2D eigenvalue weighted by atomic mass is 9.91. The topological polar surface area (TPSA) is 36.4 Å². The second-order valence-electron chi connectivity index (χ2n) is 3.96. The molecule has 1 saturated carbocycles. The Kier molecular flexibility index (Phi) is 4.05. The summed E-state index contributed by atoms with van der Waals surface area (Å²) < 4.78 is 0.874. The first-order valence-electron chi connectivity index (χ1n) is 5.41. The standard InChI is InChI=1S/C11H14BrClN2O/c12-8-6-10(13)11(14-7-8)15(4-5-16)9-2-1-3-9/h6-7,9,16H,1-5H2. The van der Waals surface area contributed by atoms with Crippen LogP contribution in [-0.2, 0) is 0 Å². The fourth-order valence-corrected chi connectivity index (χ4v) is 2.62. The molecule has 88 valence electrons. The lowest BCUT2D eigenvalue weighted by Crippen LogP contribution is -2.42. The fraction of sp³-hybridized carbons (Fsp3) is 0.545. The van der Waals surface area contributed by atoms with Gasteiger partial charge in [0, 0.05) is 23.3 Å². The van der Waals surface area contributed by atoms with E-state index in [-0.39, 0.29) is 6.61 Å². The Morgan fingerprint density at radius 3 is 2.81 bits per heavy atom. The van der Waals surface area contributed by atoms with E-state index in [9.17, 15) is 0 Å². The van der Waals surface area contributed by atoms with E-state index in [0.29, 0.717) is 17.6 Å². The van der Waals surface area contributed by atoms with E-state index >= 15 is 0 Å². The van der Waals surface area contributed by atoms with Crippen molar-refractivity contribution in [3.63, 3.8) is 0 Å². The van der Waals surface area contributed by atoms with Crippen LogP contribution in [-0.4, -0.2) is 29.3 Å². The number of hydrogen-bond donors (Lipinski definition) is 1. The summed E-state index contributed by atoms with van der Waals surface area (Å²) in [4.78, 5) is 6.45. The molecule has 0 saturated heterocycles. The molecular formula is C11H14BrClN2O. The van der Waals surface area contributed by atoms with Gasteiger partial charge in [0.15, 0.2) is 0 Å².